The van der Waals surface area contributed by atoms with Crippen molar-refractivity contribution in [3.8, 4) is 11.4 Å². The molecular formula is C26H21ClFN9O. The topological polar surface area (TPSA) is 126 Å². The van der Waals surface area contributed by atoms with Gasteiger partial charge in [0.1, 0.15) is 11.6 Å². The first-order valence-electron chi connectivity index (χ1n) is 12.0. The van der Waals surface area contributed by atoms with Crippen LogP contribution in [0.4, 0.5) is 4.39 Å². The van der Waals surface area contributed by atoms with Gasteiger partial charge in [-0.05, 0) is 54.4 Å². The van der Waals surface area contributed by atoms with Crippen molar-refractivity contribution >= 4 is 22.5 Å². The molecule has 2 aromatic carbocycles. The highest BCUT2D eigenvalue weighted by molar-refractivity contribution is 6.31. The Bertz CT molecular complexity index is 1760. The largest absolute Gasteiger partial charge is 0.356 e. The molecule has 0 spiro atoms. The van der Waals surface area contributed by atoms with Gasteiger partial charge in [-0.25, -0.2) is 9.37 Å². The molecule has 1 aliphatic heterocycles. The zero-order chi connectivity index (χ0) is 26.0. The SMILES string of the molecule is Cc1nc(C2(c3ccn(C)n3)N[C@H](c3nc(-c4ccc(F)cc4)n[nH]3)Cc3c2[nH]c2cc(Cl)ccc32)no1. The average molecular weight is 530 g/mol. The standard InChI is InChI=1S/C26H21ClFN9O/c1-13-29-25(36-38-13)26(21-9-10-37(2)35-21)22-18(17-8-5-15(27)11-19(17)30-22)12-20(32-26)24-31-23(33-34-24)14-3-6-16(28)7-4-14/h3-11,20,30,32H,12H2,1-2H3,(H,31,33,34)/t20-,26?/m0/s1. The van der Waals surface area contributed by atoms with Gasteiger partial charge >= 0.3 is 0 Å². The second kappa shape index (κ2) is 8.33. The molecule has 0 saturated carbocycles. The van der Waals surface area contributed by atoms with Crippen molar-refractivity contribution < 1.29 is 8.91 Å². The smallest absolute Gasteiger partial charge is 0.223 e. The molecule has 190 valence electrons. The van der Waals surface area contributed by atoms with Crippen LogP contribution in [0.1, 0.15) is 40.5 Å². The predicted octanol–water partition coefficient (Wildman–Crippen LogP) is 4.35. The molecule has 1 unspecified atom stereocenters. The zero-order valence-corrected chi connectivity index (χ0v) is 21.1. The summed E-state index contributed by atoms with van der Waals surface area (Å²) >= 11 is 6.35. The predicted molar refractivity (Wildman–Crippen MR) is 137 cm³/mol. The Morgan fingerprint density at radius 3 is 2.71 bits per heavy atom. The first-order chi connectivity index (χ1) is 18.4. The van der Waals surface area contributed by atoms with Gasteiger partial charge in [0.2, 0.25) is 11.7 Å². The van der Waals surface area contributed by atoms with Gasteiger partial charge in [0.05, 0.1) is 17.4 Å². The Hall–Kier alpha value is -4.35. The maximum absolute atomic E-state index is 13.5. The summed E-state index contributed by atoms with van der Waals surface area (Å²) in [5, 5.41) is 22.0. The van der Waals surface area contributed by atoms with Gasteiger partial charge in [-0.2, -0.15) is 15.2 Å². The van der Waals surface area contributed by atoms with Crippen molar-refractivity contribution in [3.63, 3.8) is 0 Å². The minimum absolute atomic E-state index is 0.319. The minimum Gasteiger partial charge on any atom is -0.356 e. The summed E-state index contributed by atoms with van der Waals surface area (Å²) in [6.45, 7) is 1.75. The van der Waals surface area contributed by atoms with E-state index in [1.807, 2.05) is 37.5 Å². The van der Waals surface area contributed by atoms with E-state index < -0.39 is 5.54 Å². The zero-order valence-electron chi connectivity index (χ0n) is 20.3. The lowest BCUT2D eigenvalue weighted by molar-refractivity contribution is 0.310. The van der Waals surface area contributed by atoms with Gasteiger partial charge in [0.25, 0.3) is 0 Å². The van der Waals surface area contributed by atoms with Gasteiger partial charge in [0, 0.05) is 41.7 Å². The molecule has 12 heteroatoms. The number of aryl methyl sites for hydroxylation is 2. The normalized spacial score (nSPS) is 19.2. The van der Waals surface area contributed by atoms with Crippen molar-refractivity contribution in [2.75, 3.05) is 0 Å². The van der Waals surface area contributed by atoms with Gasteiger partial charge in [-0.1, -0.05) is 22.8 Å². The lowest BCUT2D eigenvalue weighted by Crippen LogP contribution is -2.52. The van der Waals surface area contributed by atoms with E-state index in [1.54, 1.807) is 23.7 Å². The Kier molecular flexibility index (Phi) is 5.00. The second-order valence-electron chi connectivity index (χ2n) is 9.38. The summed E-state index contributed by atoms with van der Waals surface area (Å²) in [7, 11) is 1.86. The maximum atomic E-state index is 13.5. The third-order valence-corrected chi connectivity index (χ3v) is 7.17. The fourth-order valence-corrected chi connectivity index (χ4v) is 5.40. The van der Waals surface area contributed by atoms with Crippen LogP contribution in [0.15, 0.2) is 59.3 Å². The van der Waals surface area contributed by atoms with E-state index in [4.69, 9.17) is 26.2 Å². The van der Waals surface area contributed by atoms with Crippen molar-refractivity contribution in [3.05, 3.63) is 100 Å². The molecule has 10 nitrogen and oxygen atoms in total. The van der Waals surface area contributed by atoms with Crippen LogP contribution in [0.2, 0.25) is 5.02 Å². The fraction of sp³-hybridized carbons (Fsp3) is 0.192. The third kappa shape index (κ3) is 3.46. The summed E-state index contributed by atoms with van der Waals surface area (Å²) in [5.74, 6) is 1.60. The number of hydrogen-bond acceptors (Lipinski definition) is 7. The molecule has 4 aromatic heterocycles. The van der Waals surface area contributed by atoms with Crippen molar-refractivity contribution in [1.82, 2.24) is 45.4 Å². The minimum atomic E-state index is -1.09. The molecular weight excluding hydrogens is 509 g/mol. The summed E-state index contributed by atoms with van der Waals surface area (Å²) in [6.07, 6.45) is 2.45. The van der Waals surface area contributed by atoms with E-state index >= 15 is 0 Å². The van der Waals surface area contributed by atoms with E-state index in [0.717, 1.165) is 22.2 Å². The fourth-order valence-electron chi connectivity index (χ4n) is 5.23. The average Bonchev–Trinajstić information content (AvgIpc) is 3.70. The maximum Gasteiger partial charge on any atom is 0.223 e. The molecule has 0 fully saturated rings. The molecule has 0 saturated heterocycles. The Morgan fingerprint density at radius 1 is 1.13 bits per heavy atom. The van der Waals surface area contributed by atoms with E-state index in [1.165, 1.54) is 12.1 Å². The Balaban J connectivity index is 1.45. The summed E-state index contributed by atoms with van der Waals surface area (Å²) in [4.78, 5) is 13.0. The van der Waals surface area contributed by atoms with Crippen LogP contribution < -0.4 is 5.32 Å². The highest BCUT2D eigenvalue weighted by atomic mass is 35.5. The lowest BCUT2D eigenvalue weighted by Gasteiger charge is -2.38. The van der Waals surface area contributed by atoms with Gasteiger partial charge in [-0.15, -0.1) is 0 Å². The molecule has 0 radical (unpaired) electrons. The molecule has 0 amide bonds. The first kappa shape index (κ1) is 22.8. The lowest BCUT2D eigenvalue weighted by atomic mass is 9.80. The van der Waals surface area contributed by atoms with Gasteiger partial charge in [-0.3, -0.25) is 15.1 Å². The van der Waals surface area contributed by atoms with Crippen LogP contribution in [0.3, 0.4) is 0 Å². The summed E-state index contributed by atoms with van der Waals surface area (Å²) in [6, 6.07) is 13.4. The monoisotopic (exact) mass is 529 g/mol. The molecule has 0 aliphatic carbocycles. The summed E-state index contributed by atoms with van der Waals surface area (Å²) < 4.78 is 20.7. The molecule has 6 aromatic rings. The van der Waals surface area contributed by atoms with Crippen LogP contribution in [0, 0.1) is 12.7 Å². The number of nitrogens with zero attached hydrogens (tertiary/aromatic N) is 6. The Labute approximate surface area is 220 Å². The molecule has 38 heavy (non-hydrogen) atoms. The van der Waals surface area contributed by atoms with Crippen LogP contribution in [0.5, 0.6) is 0 Å². The number of aromatic nitrogens is 8. The van der Waals surface area contributed by atoms with Gasteiger partial charge in [0.15, 0.2) is 11.4 Å². The summed E-state index contributed by atoms with van der Waals surface area (Å²) in [5.41, 5.74) is 3.08. The Morgan fingerprint density at radius 2 is 1.97 bits per heavy atom. The molecule has 0 bridgehead atoms. The van der Waals surface area contributed by atoms with E-state index in [9.17, 15) is 4.39 Å². The van der Waals surface area contributed by atoms with Crippen molar-refractivity contribution in [2.45, 2.75) is 24.9 Å². The molecule has 1 aliphatic rings. The van der Waals surface area contributed by atoms with Crippen LogP contribution in [-0.2, 0) is 19.0 Å². The molecule has 2 atom stereocenters. The molecule has 7 rings (SSSR count). The highest BCUT2D eigenvalue weighted by Gasteiger charge is 2.51. The van der Waals surface area contributed by atoms with E-state index in [-0.39, 0.29) is 11.9 Å². The number of halogens is 2. The van der Waals surface area contributed by atoms with Crippen LogP contribution >= 0.6 is 11.6 Å². The van der Waals surface area contributed by atoms with E-state index in [0.29, 0.717) is 46.1 Å². The molecule has 3 N–H and O–H groups in total. The quantitative estimate of drug-likeness (QED) is 0.310. The van der Waals surface area contributed by atoms with Crippen molar-refractivity contribution in [2.24, 2.45) is 7.05 Å². The van der Waals surface area contributed by atoms with E-state index in [2.05, 4.69) is 30.6 Å². The van der Waals surface area contributed by atoms with Gasteiger partial charge < -0.3 is 9.51 Å². The second-order valence-corrected chi connectivity index (χ2v) is 9.82. The number of benzene rings is 2. The van der Waals surface area contributed by atoms with Crippen LogP contribution in [0.25, 0.3) is 22.3 Å². The number of H-pyrrole nitrogens is 2. The number of nitrogens with one attached hydrogen (secondary N) is 3. The highest BCUT2D eigenvalue weighted by Crippen LogP contribution is 2.45. The number of aromatic amines is 2. The van der Waals surface area contributed by atoms with Crippen LogP contribution in [-0.4, -0.2) is 40.1 Å². The molecule has 5 heterocycles. The first-order valence-corrected chi connectivity index (χ1v) is 12.4. The number of fused-ring (bicyclic) bond motifs is 3. The number of rotatable bonds is 4. The number of hydrogen-bond donors (Lipinski definition) is 3. The third-order valence-electron chi connectivity index (χ3n) is 6.94. The van der Waals surface area contributed by atoms with Crippen molar-refractivity contribution in [1.29, 1.82) is 0 Å².